The molecule has 2 atom stereocenters. The van der Waals surface area contributed by atoms with E-state index in [1.54, 1.807) is 12.1 Å². The van der Waals surface area contributed by atoms with E-state index in [0.29, 0.717) is 22.8 Å². The van der Waals surface area contributed by atoms with Crippen LogP contribution in [-0.2, 0) is 0 Å². The molecule has 4 heteroatoms. The van der Waals surface area contributed by atoms with Gasteiger partial charge in [0.15, 0.2) is 5.82 Å². The maximum atomic E-state index is 5.87. The van der Waals surface area contributed by atoms with Crippen LogP contribution in [0.2, 0.25) is 5.15 Å². The van der Waals surface area contributed by atoms with Crippen molar-refractivity contribution >= 4 is 23.1 Å². The molecule has 0 radical (unpaired) electrons. The summed E-state index contributed by atoms with van der Waals surface area (Å²) in [6.07, 6.45) is 5.08. The number of halogens is 1. The SMILES string of the molecule is CC1CCCCC1Nc1nc(Cl)ccc1N. The molecule has 1 aliphatic carbocycles. The van der Waals surface area contributed by atoms with Crippen molar-refractivity contribution in [3.63, 3.8) is 0 Å². The van der Waals surface area contributed by atoms with E-state index < -0.39 is 0 Å². The Hall–Kier alpha value is -0.960. The van der Waals surface area contributed by atoms with Crippen LogP contribution in [0.15, 0.2) is 12.1 Å². The molecule has 88 valence electrons. The Labute approximate surface area is 101 Å². The Morgan fingerprint density at radius 1 is 1.38 bits per heavy atom. The molecule has 3 N–H and O–H groups in total. The number of nitrogens with one attached hydrogen (secondary N) is 1. The highest BCUT2D eigenvalue weighted by molar-refractivity contribution is 6.29. The molecule has 3 nitrogen and oxygen atoms in total. The smallest absolute Gasteiger partial charge is 0.151 e. The molecule has 0 amide bonds. The van der Waals surface area contributed by atoms with Crippen LogP contribution < -0.4 is 11.1 Å². The Morgan fingerprint density at radius 2 is 2.12 bits per heavy atom. The van der Waals surface area contributed by atoms with Crippen molar-refractivity contribution in [3.8, 4) is 0 Å². The Bertz CT molecular complexity index is 367. The molecule has 1 saturated carbocycles. The predicted molar refractivity (Wildman–Crippen MR) is 68.7 cm³/mol. The van der Waals surface area contributed by atoms with Gasteiger partial charge in [0.2, 0.25) is 0 Å². The van der Waals surface area contributed by atoms with Crippen molar-refractivity contribution in [2.75, 3.05) is 11.1 Å². The molecule has 2 rings (SSSR count). The molecule has 0 spiro atoms. The van der Waals surface area contributed by atoms with E-state index >= 15 is 0 Å². The molecule has 2 unspecified atom stereocenters. The van der Waals surface area contributed by atoms with Crippen molar-refractivity contribution < 1.29 is 0 Å². The van der Waals surface area contributed by atoms with Gasteiger partial charge in [0, 0.05) is 6.04 Å². The van der Waals surface area contributed by atoms with Crippen LogP contribution in [0.25, 0.3) is 0 Å². The van der Waals surface area contributed by atoms with Gasteiger partial charge in [-0.3, -0.25) is 0 Å². The van der Waals surface area contributed by atoms with E-state index in [1.807, 2.05) is 0 Å². The number of hydrogen-bond acceptors (Lipinski definition) is 3. The molecular weight excluding hydrogens is 222 g/mol. The summed E-state index contributed by atoms with van der Waals surface area (Å²) in [4.78, 5) is 4.23. The van der Waals surface area contributed by atoms with Crippen molar-refractivity contribution in [1.82, 2.24) is 4.98 Å². The fourth-order valence-corrected chi connectivity index (χ4v) is 2.42. The zero-order chi connectivity index (χ0) is 11.5. The number of hydrogen-bond donors (Lipinski definition) is 2. The third-order valence-electron chi connectivity index (χ3n) is 3.33. The lowest BCUT2D eigenvalue weighted by molar-refractivity contribution is 0.349. The first kappa shape index (κ1) is 11.5. The lowest BCUT2D eigenvalue weighted by Crippen LogP contribution is -2.31. The third kappa shape index (κ3) is 2.59. The molecule has 0 aromatic carbocycles. The lowest BCUT2D eigenvalue weighted by Gasteiger charge is -2.30. The van der Waals surface area contributed by atoms with Gasteiger partial charge in [-0.15, -0.1) is 0 Å². The van der Waals surface area contributed by atoms with Crippen LogP contribution in [0.3, 0.4) is 0 Å². The summed E-state index contributed by atoms with van der Waals surface area (Å²) in [7, 11) is 0. The van der Waals surface area contributed by atoms with E-state index in [-0.39, 0.29) is 0 Å². The number of nitrogens with two attached hydrogens (primary N) is 1. The number of anilines is 2. The van der Waals surface area contributed by atoms with Gasteiger partial charge in [0.1, 0.15) is 5.15 Å². The summed E-state index contributed by atoms with van der Waals surface area (Å²) in [6, 6.07) is 3.99. The van der Waals surface area contributed by atoms with E-state index in [9.17, 15) is 0 Å². The molecule has 1 aromatic rings. The van der Waals surface area contributed by atoms with Gasteiger partial charge in [-0.05, 0) is 30.9 Å². The van der Waals surface area contributed by atoms with Gasteiger partial charge < -0.3 is 11.1 Å². The first-order valence-electron chi connectivity index (χ1n) is 5.85. The fourth-order valence-electron chi connectivity index (χ4n) is 2.27. The van der Waals surface area contributed by atoms with Crippen LogP contribution in [-0.4, -0.2) is 11.0 Å². The third-order valence-corrected chi connectivity index (χ3v) is 3.54. The van der Waals surface area contributed by atoms with Crippen molar-refractivity contribution in [2.45, 2.75) is 38.6 Å². The summed E-state index contributed by atoms with van der Waals surface area (Å²) in [5.41, 5.74) is 6.54. The molecular formula is C12H18ClN3. The first-order chi connectivity index (χ1) is 7.66. The van der Waals surface area contributed by atoms with Gasteiger partial charge in [-0.25, -0.2) is 4.98 Å². The molecule has 1 fully saturated rings. The number of aromatic nitrogens is 1. The molecule has 0 saturated heterocycles. The standard InChI is InChI=1S/C12H18ClN3/c1-8-4-2-3-5-10(8)15-12-9(14)6-7-11(13)16-12/h6-8,10H,2-5,14H2,1H3,(H,15,16). The predicted octanol–water partition coefficient (Wildman–Crippen LogP) is 3.31. The molecule has 1 heterocycles. The second kappa shape index (κ2) is 4.91. The highest BCUT2D eigenvalue weighted by Gasteiger charge is 2.21. The number of nitrogen functional groups attached to an aromatic ring is 1. The van der Waals surface area contributed by atoms with Gasteiger partial charge in [-0.1, -0.05) is 31.4 Å². The highest BCUT2D eigenvalue weighted by Crippen LogP contribution is 2.28. The molecule has 1 aromatic heterocycles. The monoisotopic (exact) mass is 239 g/mol. The fraction of sp³-hybridized carbons (Fsp3) is 0.583. The Morgan fingerprint density at radius 3 is 2.88 bits per heavy atom. The van der Waals surface area contributed by atoms with Crippen LogP contribution >= 0.6 is 11.6 Å². The van der Waals surface area contributed by atoms with Crippen molar-refractivity contribution in [2.24, 2.45) is 5.92 Å². The number of pyridine rings is 1. The van der Waals surface area contributed by atoms with Crippen molar-refractivity contribution in [1.29, 1.82) is 0 Å². The summed E-state index contributed by atoms with van der Waals surface area (Å²) >= 11 is 5.86. The van der Waals surface area contributed by atoms with Crippen molar-refractivity contribution in [3.05, 3.63) is 17.3 Å². The Kier molecular flexibility index (Phi) is 3.54. The summed E-state index contributed by atoms with van der Waals surface area (Å²) in [6.45, 7) is 2.28. The van der Waals surface area contributed by atoms with Gasteiger partial charge >= 0.3 is 0 Å². The van der Waals surface area contributed by atoms with E-state index in [1.165, 1.54) is 25.7 Å². The normalized spacial score (nSPS) is 25.4. The highest BCUT2D eigenvalue weighted by atomic mass is 35.5. The quantitative estimate of drug-likeness (QED) is 0.779. The number of rotatable bonds is 2. The van der Waals surface area contributed by atoms with Crippen LogP contribution in [0.1, 0.15) is 32.6 Å². The summed E-state index contributed by atoms with van der Waals surface area (Å²) in [5, 5.41) is 3.91. The lowest BCUT2D eigenvalue weighted by atomic mass is 9.86. The maximum absolute atomic E-state index is 5.87. The minimum atomic E-state index is 0.474. The van der Waals surface area contributed by atoms with Crippen LogP contribution in [0.5, 0.6) is 0 Å². The van der Waals surface area contributed by atoms with Gasteiger partial charge in [-0.2, -0.15) is 0 Å². The van der Waals surface area contributed by atoms with E-state index in [0.717, 1.165) is 5.82 Å². The second-order valence-corrected chi connectivity index (χ2v) is 4.97. The van der Waals surface area contributed by atoms with Crippen LogP contribution in [0, 0.1) is 5.92 Å². The summed E-state index contributed by atoms with van der Waals surface area (Å²) < 4.78 is 0. The molecule has 0 bridgehead atoms. The van der Waals surface area contributed by atoms with Gasteiger partial charge in [0.05, 0.1) is 5.69 Å². The average Bonchev–Trinajstić information content (AvgIpc) is 2.27. The minimum Gasteiger partial charge on any atom is -0.396 e. The second-order valence-electron chi connectivity index (χ2n) is 4.58. The largest absolute Gasteiger partial charge is 0.396 e. The number of nitrogens with zero attached hydrogens (tertiary/aromatic N) is 1. The Balaban J connectivity index is 2.10. The van der Waals surface area contributed by atoms with E-state index in [4.69, 9.17) is 17.3 Å². The van der Waals surface area contributed by atoms with Crippen LogP contribution in [0.4, 0.5) is 11.5 Å². The molecule has 1 aliphatic rings. The van der Waals surface area contributed by atoms with Gasteiger partial charge in [0.25, 0.3) is 0 Å². The minimum absolute atomic E-state index is 0.474. The zero-order valence-electron chi connectivity index (χ0n) is 9.54. The average molecular weight is 240 g/mol. The maximum Gasteiger partial charge on any atom is 0.151 e. The molecule has 16 heavy (non-hydrogen) atoms. The summed E-state index contributed by atoms with van der Waals surface area (Å²) in [5.74, 6) is 1.40. The zero-order valence-corrected chi connectivity index (χ0v) is 10.3. The first-order valence-corrected chi connectivity index (χ1v) is 6.23. The molecule has 0 aliphatic heterocycles. The van der Waals surface area contributed by atoms with E-state index in [2.05, 4.69) is 17.2 Å². The topological polar surface area (TPSA) is 50.9 Å².